The van der Waals surface area contributed by atoms with E-state index in [1.807, 2.05) is 0 Å². The first-order valence-corrected chi connectivity index (χ1v) is 8.33. The molecule has 1 unspecified atom stereocenters. The molecule has 122 valence electrons. The number of aromatic hydroxyl groups is 2. The molecule has 1 aliphatic heterocycles. The second-order valence-corrected chi connectivity index (χ2v) is 6.84. The summed E-state index contributed by atoms with van der Waals surface area (Å²) < 4.78 is 0. The number of fused-ring (bicyclic) bond motifs is 1. The minimum Gasteiger partial charge on any atom is -0.504 e. The third kappa shape index (κ3) is 3.17. The van der Waals surface area contributed by atoms with E-state index in [1.165, 1.54) is 11.1 Å². The Morgan fingerprint density at radius 2 is 2.00 bits per heavy atom. The molecule has 1 aliphatic rings. The first kappa shape index (κ1) is 16.2. The van der Waals surface area contributed by atoms with Crippen LogP contribution in [0.4, 0.5) is 0 Å². The maximum atomic E-state index is 10.1. The van der Waals surface area contributed by atoms with E-state index in [9.17, 15) is 10.2 Å². The van der Waals surface area contributed by atoms with Crippen LogP contribution >= 0.6 is 11.6 Å². The van der Waals surface area contributed by atoms with E-state index in [1.54, 1.807) is 6.07 Å². The molecule has 0 aromatic heterocycles. The molecule has 2 aromatic carbocycles. The van der Waals surface area contributed by atoms with Gasteiger partial charge in [-0.1, -0.05) is 41.4 Å². The maximum Gasteiger partial charge on any atom is 0.176 e. The number of nitrogens with zero attached hydrogens (tertiary/aromatic N) is 1. The lowest BCUT2D eigenvalue weighted by Gasteiger charge is -2.30. The van der Waals surface area contributed by atoms with E-state index < -0.39 is 0 Å². The SMILES string of the molecule is Cc1cccc(C2CN(C)CCCc3c2cc(O)c(O)c3Cl)c1. The van der Waals surface area contributed by atoms with E-state index in [4.69, 9.17) is 11.6 Å². The third-order valence-electron chi connectivity index (χ3n) is 4.64. The standard InChI is InChI=1S/C19H22ClNO2/c1-12-5-3-6-13(9-12)16-11-21(2)8-4-7-14-15(16)10-17(22)19(23)18(14)20/h3,5-6,9-10,16,22-23H,4,7-8,11H2,1-2H3. The second kappa shape index (κ2) is 6.42. The molecule has 4 heteroatoms. The van der Waals surface area contributed by atoms with E-state index in [0.717, 1.165) is 37.1 Å². The van der Waals surface area contributed by atoms with Crippen molar-refractivity contribution in [3.63, 3.8) is 0 Å². The number of hydrogen-bond donors (Lipinski definition) is 2. The molecule has 23 heavy (non-hydrogen) atoms. The van der Waals surface area contributed by atoms with Crippen molar-refractivity contribution in [2.45, 2.75) is 25.7 Å². The first-order valence-electron chi connectivity index (χ1n) is 7.95. The quantitative estimate of drug-likeness (QED) is 0.774. The van der Waals surface area contributed by atoms with Gasteiger partial charge in [-0.05, 0) is 56.1 Å². The van der Waals surface area contributed by atoms with Crippen molar-refractivity contribution in [1.82, 2.24) is 4.90 Å². The van der Waals surface area contributed by atoms with Gasteiger partial charge >= 0.3 is 0 Å². The summed E-state index contributed by atoms with van der Waals surface area (Å²) in [4.78, 5) is 2.31. The normalized spacial score (nSPS) is 19.0. The highest BCUT2D eigenvalue weighted by atomic mass is 35.5. The van der Waals surface area contributed by atoms with Crippen LogP contribution in [0.1, 0.15) is 34.6 Å². The highest BCUT2D eigenvalue weighted by molar-refractivity contribution is 6.33. The molecule has 0 bridgehead atoms. The van der Waals surface area contributed by atoms with Crippen molar-refractivity contribution < 1.29 is 10.2 Å². The lowest BCUT2D eigenvalue weighted by Crippen LogP contribution is -2.29. The predicted molar refractivity (Wildman–Crippen MR) is 93.6 cm³/mol. The molecule has 0 aliphatic carbocycles. The Morgan fingerprint density at radius 3 is 2.74 bits per heavy atom. The van der Waals surface area contributed by atoms with Crippen LogP contribution in [0.25, 0.3) is 0 Å². The van der Waals surface area contributed by atoms with Gasteiger partial charge in [-0.3, -0.25) is 0 Å². The minimum absolute atomic E-state index is 0.124. The van der Waals surface area contributed by atoms with E-state index in [-0.39, 0.29) is 17.4 Å². The predicted octanol–water partition coefficient (Wildman–Crippen LogP) is 4.07. The highest BCUT2D eigenvalue weighted by Gasteiger charge is 2.26. The highest BCUT2D eigenvalue weighted by Crippen LogP contribution is 2.43. The Balaban J connectivity index is 2.19. The van der Waals surface area contributed by atoms with Gasteiger partial charge in [0.15, 0.2) is 11.5 Å². The molecule has 2 N–H and O–H groups in total. The summed E-state index contributed by atoms with van der Waals surface area (Å²) >= 11 is 6.34. The Labute approximate surface area is 142 Å². The van der Waals surface area contributed by atoms with Crippen molar-refractivity contribution >= 4 is 11.6 Å². The zero-order chi connectivity index (χ0) is 16.6. The van der Waals surface area contributed by atoms with Crippen LogP contribution < -0.4 is 0 Å². The third-order valence-corrected chi connectivity index (χ3v) is 5.04. The first-order chi connectivity index (χ1) is 11.0. The van der Waals surface area contributed by atoms with Crippen molar-refractivity contribution in [3.8, 4) is 11.5 Å². The molecule has 0 radical (unpaired) electrons. The van der Waals surface area contributed by atoms with Crippen LogP contribution in [0.5, 0.6) is 11.5 Å². The van der Waals surface area contributed by atoms with Gasteiger partial charge in [0.2, 0.25) is 0 Å². The van der Waals surface area contributed by atoms with Gasteiger partial charge in [-0.15, -0.1) is 0 Å². The van der Waals surface area contributed by atoms with Gasteiger partial charge in [0.25, 0.3) is 0 Å². The molecule has 0 saturated heterocycles. The van der Waals surface area contributed by atoms with Gasteiger partial charge in [0.05, 0.1) is 5.02 Å². The lowest BCUT2D eigenvalue weighted by molar-refractivity contribution is 0.311. The lowest BCUT2D eigenvalue weighted by atomic mass is 9.84. The van der Waals surface area contributed by atoms with Crippen molar-refractivity contribution in [3.05, 3.63) is 57.6 Å². The summed E-state index contributed by atoms with van der Waals surface area (Å²) in [5.41, 5.74) is 4.40. The molecule has 0 fully saturated rings. The zero-order valence-corrected chi connectivity index (χ0v) is 14.3. The smallest absolute Gasteiger partial charge is 0.176 e. The summed E-state index contributed by atoms with van der Waals surface area (Å²) in [6, 6.07) is 10.1. The topological polar surface area (TPSA) is 43.7 Å². The largest absolute Gasteiger partial charge is 0.504 e. The van der Waals surface area contributed by atoms with E-state index in [0.29, 0.717) is 5.02 Å². The molecule has 1 heterocycles. The average Bonchev–Trinajstić information content (AvgIpc) is 2.51. The molecule has 2 aromatic rings. The van der Waals surface area contributed by atoms with Gasteiger partial charge in [-0.25, -0.2) is 0 Å². The van der Waals surface area contributed by atoms with Crippen LogP contribution in [0, 0.1) is 6.92 Å². The second-order valence-electron chi connectivity index (χ2n) is 6.46. The monoisotopic (exact) mass is 331 g/mol. The van der Waals surface area contributed by atoms with Crippen molar-refractivity contribution in [1.29, 1.82) is 0 Å². The molecular formula is C19H22ClNO2. The van der Waals surface area contributed by atoms with E-state index in [2.05, 4.69) is 43.1 Å². The average molecular weight is 332 g/mol. The maximum absolute atomic E-state index is 10.1. The summed E-state index contributed by atoms with van der Waals surface area (Å²) in [6.07, 6.45) is 1.78. The van der Waals surface area contributed by atoms with Gasteiger partial charge in [0, 0.05) is 12.5 Å². The van der Waals surface area contributed by atoms with Crippen LogP contribution in [0.2, 0.25) is 5.02 Å². The molecule has 3 nitrogen and oxygen atoms in total. The van der Waals surface area contributed by atoms with Crippen LogP contribution in [0.15, 0.2) is 30.3 Å². The van der Waals surface area contributed by atoms with Crippen molar-refractivity contribution in [2.75, 3.05) is 20.1 Å². The number of likely N-dealkylation sites (N-methyl/N-ethyl adjacent to an activating group) is 1. The summed E-state index contributed by atoms with van der Waals surface area (Å²) in [7, 11) is 2.12. The molecule has 3 rings (SSSR count). The number of rotatable bonds is 1. The number of benzene rings is 2. The zero-order valence-electron chi connectivity index (χ0n) is 13.5. The molecule has 0 amide bonds. The Hall–Kier alpha value is -1.71. The van der Waals surface area contributed by atoms with Crippen LogP contribution in [-0.2, 0) is 6.42 Å². The molecule has 0 spiro atoms. The van der Waals surface area contributed by atoms with E-state index >= 15 is 0 Å². The van der Waals surface area contributed by atoms with Gasteiger partial charge in [-0.2, -0.15) is 0 Å². The number of phenols is 2. The Bertz CT molecular complexity index is 730. The fraction of sp³-hybridized carbons (Fsp3) is 0.368. The Morgan fingerprint density at radius 1 is 1.22 bits per heavy atom. The number of halogens is 1. The van der Waals surface area contributed by atoms with Gasteiger partial charge in [0.1, 0.15) is 0 Å². The van der Waals surface area contributed by atoms with Crippen molar-refractivity contribution in [2.24, 2.45) is 0 Å². The Kier molecular flexibility index (Phi) is 4.51. The fourth-order valence-corrected chi connectivity index (χ4v) is 3.75. The molecule has 1 atom stereocenters. The molecule has 0 saturated carbocycles. The fourth-order valence-electron chi connectivity index (χ4n) is 3.45. The number of phenolic OH excluding ortho intramolecular Hbond substituents is 2. The summed E-state index contributed by atoms with van der Waals surface area (Å²) in [5, 5.41) is 20.3. The molecular weight excluding hydrogens is 310 g/mol. The number of aryl methyl sites for hydroxylation is 1. The summed E-state index contributed by atoms with van der Waals surface area (Å²) in [5.74, 6) is -0.226. The number of hydrogen-bond acceptors (Lipinski definition) is 3. The van der Waals surface area contributed by atoms with Crippen LogP contribution in [-0.4, -0.2) is 35.3 Å². The minimum atomic E-state index is -0.206. The summed E-state index contributed by atoms with van der Waals surface area (Å²) in [6.45, 7) is 3.93. The van der Waals surface area contributed by atoms with Gasteiger partial charge < -0.3 is 15.1 Å². The van der Waals surface area contributed by atoms with Crippen LogP contribution in [0.3, 0.4) is 0 Å².